The van der Waals surface area contributed by atoms with E-state index in [-0.39, 0.29) is 5.41 Å². The summed E-state index contributed by atoms with van der Waals surface area (Å²) in [6.07, 6.45) is 2.06. The first kappa shape index (κ1) is 37.6. The molecule has 0 spiro atoms. The van der Waals surface area contributed by atoms with Crippen LogP contribution < -0.4 is 20.9 Å². The highest BCUT2D eigenvalue weighted by Crippen LogP contribution is 2.29. The Morgan fingerprint density at radius 2 is 1.61 bits per heavy atom. The van der Waals surface area contributed by atoms with Gasteiger partial charge < -0.3 is 25.6 Å². The van der Waals surface area contributed by atoms with E-state index >= 15 is 0 Å². The standard InChI is InChI=1S/C19H21BrFN3S.C9H9Cl2NO.C5H10O/c1-22-16-6-7-18(24-10-8-14(21)9-11-24)17(12-16)19(25)23-15-4-2-13(20)3-5-15;1-12-4-6-2-3-8(10)7(5-13)9(6)11;1-5(2,3)4-6/h2-7,12,14,22H,8-11H2,1H3,(H,23,25);2-3,5,12H,4H2,1H3;4H,1-3H3. The Morgan fingerprint density at radius 1 is 1.02 bits per heavy atom. The topological polar surface area (TPSA) is 73.5 Å². The quantitative estimate of drug-likeness (QED) is 0.166. The van der Waals surface area contributed by atoms with E-state index in [9.17, 15) is 14.0 Å². The number of hydrogen-bond donors (Lipinski definition) is 3. The summed E-state index contributed by atoms with van der Waals surface area (Å²) >= 11 is 20.8. The molecule has 0 atom stereocenters. The third-order valence-electron chi connectivity index (χ3n) is 6.44. The number of carbonyl (C=O) groups excluding carboxylic acids is 2. The molecule has 0 saturated carbocycles. The highest BCUT2D eigenvalue weighted by Gasteiger charge is 2.22. The van der Waals surface area contributed by atoms with Crippen LogP contribution in [0.3, 0.4) is 0 Å². The number of alkyl halides is 1. The van der Waals surface area contributed by atoms with Crippen LogP contribution in [0.1, 0.15) is 55.1 Å². The molecule has 0 unspecified atom stereocenters. The minimum atomic E-state index is -0.691. The van der Waals surface area contributed by atoms with Crippen molar-refractivity contribution in [2.24, 2.45) is 5.41 Å². The van der Waals surface area contributed by atoms with E-state index in [1.807, 2.05) is 71.3 Å². The Bertz CT molecular complexity index is 1400. The van der Waals surface area contributed by atoms with Gasteiger partial charge in [-0.05, 0) is 74.0 Å². The summed E-state index contributed by atoms with van der Waals surface area (Å²) in [6.45, 7) is 7.68. The van der Waals surface area contributed by atoms with Gasteiger partial charge >= 0.3 is 0 Å². The van der Waals surface area contributed by atoms with Gasteiger partial charge in [0, 0.05) is 59.2 Å². The number of nitrogens with zero attached hydrogens (tertiary/aromatic N) is 1. The van der Waals surface area contributed by atoms with Gasteiger partial charge in [0.2, 0.25) is 0 Å². The zero-order valence-corrected chi connectivity index (χ0v) is 29.6. The lowest BCUT2D eigenvalue weighted by Gasteiger charge is -2.32. The van der Waals surface area contributed by atoms with Crippen LogP contribution in [-0.2, 0) is 11.3 Å². The first-order chi connectivity index (χ1) is 20.8. The van der Waals surface area contributed by atoms with E-state index in [4.69, 9.17) is 35.4 Å². The Labute approximate surface area is 284 Å². The second-order valence-corrected chi connectivity index (χ2v) is 13.3. The van der Waals surface area contributed by atoms with Crippen molar-refractivity contribution >= 4 is 86.0 Å². The first-order valence-electron chi connectivity index (χ1n) is 14.1. The molecule has 1 heterocycles. The van der Waals surface area contributed by atoms with Crippen LogP contribution in [0.4, 0.5) is 21.5 Å². The van der Waals surface area contributed by atoms with Gasteiger partial charge in [-0.25, -0.2) is 4.39 Å². The van der Waals surface area contributed by atoms with E-state index < -0.39 is 6.17 Å². The second-order valence-electron chi connectivity index (χ2n) is 11.2. The van der Waals surface area contributed by atoms with E-state index in [0.29, 0.717) is 59.4 Å². The number of carbonyl (C=O) groups is 2. The third-order valence-corrected chi connectivity index (χ3v) is 8.07. The molecule has 0 aliphatic carbocycles. The fourth-order valence-electron chi connectivity index (χ4n) is 4.02. The molecule has 1 saturated heterocycles. The van der Waals surface area contributed by atoms with Crippen molar-refractivity contribution in [3.05, 3.63) is 85.8 Å². The molecule has 3 aromatic rings. The molecule has 44 heavy (non-hydrogen) atoms. The van der Waals surface area contributed by atoms with Crippen LogP contribution in [0, 0.1) is 5.41 Å². The van der Waals surface area contributed by atoms with Crippen LogP contribution in [-0.4, -0.2) is 50.9 Å². The Morgan fingerprint density at radius 3 is 2.14 bits per heavy atom. The number of halogens is 4. The summed E-state index contributed by atoms with van der Waals surface area (Å²) in [6, 6.07) is 17.5. The first-order valence-corrected chi connectivity index (χ1v) is 16.1. The van der Waals surface area contributed by atoms with Gasteiger partial charge in [-0.1, -0.05) is 78.2 Å². The number of thiocarbonyl (C=S) groups is 1. The van der Waals surface area contributed by atoms with Crippen molar-refractivity contribution in [1.82, 2.24) is 5.32 Å². The lowest BCUT2D eigenvalue weighted by atomic mass is 10.0. The van der Waals surface area contributed by atoms with Gasteiger partial charge in [-0.3, -0.25) is 4.79 Å². The number of rotatable bonds is 7. The van der Waals surface area contributed by atoms with E-state index in [1.165, 1.54) is 0 Å². The maximum Gasteiger partial charge on any atom is 0.153 e. The van der Waals surface area contributed by atoms with Crippen molar-refractivity contribution in [2.45, 2.75) is 46.3 Å². The summed E-state index contributed by atoms with van der Waals surface area (Å²) < 4.78 is 14.5. The molecular weight excluding hydrogens is 686 g/mol. The maximum absolute atomic E-state index is 13.5. The van der Waals surface area contributed by atoms with Gasteiger partial charge in [0.15, 0.2) is 6.29 Å². The minimum Gasteiger partial charge on any atom is -0.388 e. The monoisotopic (exact) mass is 724 g/mol. The molecule has 1 aliphatic heterocycles. The van der Waals surface area contributed by atoms with Crippen LogP contribution in [0.25, 0.3) is 0 Å². The van der Waals surface area contributed by atoms with Gasteiger partial charge in [-0.2, -0.15) is 0 Å². The van der Waals surface area contributed by atoms with Crippen molar-refractivity contribution < 1.29 is 14.0 Å². The lowest BCUT2D eigenvalue weighted by molar-refractivity contribution is -0.113. The number of hydrogen-bond acceptors (Lipinski definition) is 6. The molecule has 0 amide bonds. The largest absolute Gasteiger partial charge is 0.388 e. The van der Waals surface area contributed by atoms with Crippen LogP contribution in [0.15, 0.2) is 59.1 Å². The Hall–Kier alpha value is -2.56. The number of aldehydes is 2. The number of anilines is 3. The number of nitrogens with one attached hydrogen (secondary N) is 3. The highest BCUT2D eigenvalue weighted by atomic mass is 79.9. The molecule has 238 valence electrons. The fourth-order valence-corrected chi connectivity index (χ4v) is 5.09. The lowest BCUT2D eigenvalue weighted by Crippen LogP contribution is -2.35. The molecule has 3 aromatic carbocycles. The summed E-state index contributed by atoms with van der Waals surface area (Å²) in [5.41, 5.74) is 5.05. The summed E-state index contributed by atoms with van der Waals surface area (Å²) in [5, 5.41) is 10.2. The maximum atomic E-state index is 13.5. The molecule has 0 radical (unpaired) electrons. The average Bonchev–Trinajstić information content (AvgIpc) is 3.00. The third kappa shape index (κ3) is 12.1. The molecule has 1 fully saturated rings. The molecule has 6 nitrogen and oxygen atoms in total. The zero-order chi connectivity index (χ0) is 32.9. The van der Waals surface area contributed by atoms with Crippen LogP contribution >= 0.6 is 51.3 Å². The molecule has 0 bridgehead atoms. The average molecular weight is 727 g/mol. The van der Waals surface area contributed by atoms with E-state index in [1.54, 1.807) is 12.1 Å². The van der Waals surface area contributed by atoms with Crippen LogP contribution in [0.5, 0.6) is 0 Å². The normalized spacial score (nSPS) is 13.1. The second kappa shape index (κ2) is 18.4. The summed E-state index contributed by atoms with van der Waals surface area (Å²) in [7, 11) is 3.70. The van der Waals surface area contributed by atoms with Crippen molar-refractivity contribution in [1.29, 1.82) is 0 Å². The molecule has 4 rings (SSSR count). The Kier molecular flexibility index (Phi) is 15.8. The highest BCUT2D eigenvalue weighted by molar-refractivity contribution is 9.10. The van der Waals surface area contributed by atoms with Gasteiger partial charge in [-0.15, -0.1) is 0 Å². The van der Waals surface area contributed by atoms with Crippen LogP contribution in [0.2, 0.25) is 10.0 Å². The predicted octanol–water partition coefficient (Wildman–Crippen LogP) is 8.97. The predicted molar refractivity (Wildman–Crippen MR) is 192 cm³/mol. The van der Waals surface area contributed by atoms with Crippen molar-refractivity contribution in [3.63, 3.8) is 0 Å². The molecular formula is C33H40BrCl2FN4O2S. The fraction of sp³-hybridized carbons (Fsp3) is 0.364. The minimum absolute atomic E-state index is 0.139. The van der Waals surface area contributed by atoms with E-state index in [0.717, 1.165) is 38.9 Å². The van der Waals surface area contributed by atoms with Gasteiger partial charge in [0.1, 0.15) is 17.4 Å². The molecule has 0 aromatic heterocycles. The number of benzene rings is 3. The molecule has 3 N–H and O–H groups in total. The molecule has 1 aliphatic rings. The summed E-state index contributed by atoms with van der Waals surface area (Å²) in [4.78, 5) is 23.3. The number of piperidine rings is 1. The van der Waals surface area contributed by atoms with E-state index in [2.05, 4.69) is 42.8 Å². The smallest absolute Gasteiger partial charge is 0.153 e. The Balaban J connectivity index is 0.000000296. The van der Waals surface area contributed by atoms with Gasteiger partial charge in [0.05, 0.1) is 15.6 Å². The van der Waals surface area contributed by atoms with Gasteiger partial charge in [0.25, 0.3) is 0 Å². The van der Waals surface area contributed by atoms with Crippen molar-refractivity contribution in [3.8, 4) is 0 Å². The van der Waals surface area contributed by atoms with Crippen molar-refractivity contribution in [2.75, 3.05) is 42.7 Å². The zero-order valence-electron chi connectivity index (χ0n) is 25.6. The SMILES string of the molecule is CC(C)(C)C=O.CNCc1ccc(Cl)c(C=O)c1Cl.CNc1ccc(N2CCC(F)CC2)c(C(=S)Nc2ccc(Br)cc2)c1. The summed E-state index contributed by atoms with van der Waals surface area (Å²) in [5.74, 6) is 0. The molecule has 11 heteroatoms.